The van der Waals surface area contributed by atoms with Crippen LogP contribution in [0.15, 0.2) is 0 Å². The number of methoxy groups -OCH3 is 1. The first-order valence-electron chi connectivity index (χ1n) is 6.61. The monoisotopic (exact) mass is 229 g/mol. The van der Waals surface area contributed by atoms with E-state index in [1.807, 2.05) is 0 Å². The van der Waals surface area contributed by atoms with E-state index in [0.717, 1.165) is 5.92 Å². The van der Waals surface area contributed by atoms with Crippen LogP contribution in [0.4, 0.5) is 0 Å². The Kier molecular flexibility index (Phi) is 7.01. The van der Waals surface area contributed by atoms with Gasteiger partial charge in [-0.2, -0.15) is 0 Å². The molecule has 0 saturated heterocycles. The summed E-state index contributed by atoms with van der Waals surface area (Å²) in [5.41, 5.74) is 6.23. The van der Waals surface area contributed by atoms with Crippen molar-refractivity contribution in [3.8, 4) is 0 Å². The van der Waals surface area contributed by atoms with E-state index < -0.39 is 0 Å². The fourth-order valence-electron chi connectivity index (χ4n) is 2.79. The largest absolute Gasteiger partial charge is 0.382 e. The highest BCUT2D eigenvalue weighted by Crippen LogP contribution is 2.33. The van der Waals surface area contributed by atoms with Crippen LogP contribution in [-0.4, -0.2) is 33.0 Å². The van der Waals surface area contributed by atoms with Gasteiger partial charge < -0.3 is 15.2 Å². The van der Waals surface area contributed by atoms with Gasteiger partial charge in [-0.05, 0) is 18.3 Å². The zero-order chi connectivity index (χ0) is 11.8. The van der Waals surface area contributed by atoms with Crippen molar-refractivity contribution in [2.75, 3.05) is 26.9 Å². The quantitative estimate of drug-likeness (QED) is 0.681. The molecule has 1 aliphatic carbocycles. The van der Waals surface area contributed by atoms with Crippen molar-refractivity contribution in [3.05, 3.63) is 0 Å². The molecule has 2 N–H and O–H groups in total. The minimum Gasteiger partial charge on any atom is -0.382 e. The summed E-state index contributed by atoms with van der Waals surface area (Å²) in [6.45, 7) is 4.29. The van der Waals surface area contributed by atoms with E-state index in [-0.39, 0.29) is 6.04 Å². The molecule has 0 spiro atoms. The summed E-state index contributed by atoms with van der Waals surface area (Å²) in [5.74, 6) is 1.48. The summed E-state index contributed by atoms with van der Waals surface area (Å²) in [7, 11) is 1.69. The van der Waals surface area contributed by atoms with Gasteiger partial charge in [-0.3, -0.25) is 0 Å². The summed E-state index contributed by atoms with van der Waals surface area (Å²) in [4.78, 5) is 0. The molecule has 1 rings (SSSR count). The van der Waals surface area contributed by atoms with Gasteiger partial charge in [-0.1, -0.05) is 32.6 Å². The van der Waals surface area contributed by atoms with Crippen LogP contribution in [0.2, 0.25) is 0 Å². The van der Waals surface area contributed by atoms with E-state index in [0.29, 0.717) is 25.7 Å². The molecular weight excluding hydrogens is 202 g/mol. The van der Waals surface area contributed by atoms with Gasteiger partial charge in [0.25, 0.3) is 0 Å². The van der Waals surface area contributed by atoms with Crippen LogP contribution in [0.3, 0.4) is 0 Å². The van der Waals surface area contributed by atoms with Gasteiger partial charge in [0.05, 0.1) is 19.8 Å². The molecule has 16 heavy (non-hydrogen) atoms. The lowest BCUT2D eigenvalue weighted by Gasteiger charge is -2.34. The van der Waals surface area contributed by atoms with Crippen LogP contribution in [0.1, 0.15) is 39.0 Å². The molecule has 96 valence electrons. The van der Waals surface area contributed by atoms with E-state index in [2.05, 4.69) is 6.92 Å². The fourth-order valence-corrected chi connectivity index (χ4v) is 2.79. The molecule has 0 amide bonds. The second-order valence-electron chi connectivity index (χ2n) is 4.85. The summed E-state index contributed by atoms with van der Waals surface area (Å²) in [5, 5.41) is 0. The molecule has 0 aliphatic heterocycles. The molecule has 3 heteroatoms. The summed E-state index contributed by atoms with van der Waals surface area (Å²) < 4.78 is 10.5. The van der Waals surface area contributed by atoms with E-state index in [9.17, 15) is 0 Å². The van der Waals surface area contributed by atoms with Crippen molar-refractivity contribution in [2.24, 2.45) is 17.6 Å². The molecule has 0 aromatic rings. The third-order valence-electron chi connectivity index (χ3n) is 3.78. The minimum atomic E-state index is 0.210. The minimum absolute atomic E-state index is 0.210. The first-order chi connectivity index (χ1) is 7.79. The van der Waals surface area contributed by atoms with Crippen LogP contribution in [-0.2, 0) is 9.47 Å². The lowest BCUT2D eigenvalue weighted by atomic mass is 9.74. The van der Waals surface area contributed by atoms with Crippen LogP contribution in [0, 0.1) is 11.8 Å². The highest BCUT2D eigenvalue weighted by atomic mass is 16.5. The Bertz CT molecular complexity index is 175. The van der Waals surface area contributed by atoms with E-state index in [1.54, 1.807) is 7.11 Å². The van der Waals surface area contributed by atoms with Gasteiger partial charge in [0.1, 0.15) is 0 Å². The predicted molar refractivity (Wildman–Crippen MR) is 66.4 cm³/mol. The SMILES string of the molecule is CCC1CCCCC1C(N)COCCOC. The molecule has 1 fully saturated rings. The lowest BCUT2D eigenvalue weighted by molar-refractivity contribution is 0.0441. The second kappa shape index (κ2) is 8.04. The summed E-state index contributed by atoms with van der Waals surface area (Å²) in [6, 6.07) is 0.210. The van der Waals surface area contributed by atoms with Crippen molar-refractivity contribution in [3.63, 3.8) is 0 Å². The zero-order valence-corrected chi connectivity index (χ0v) is 10.8. The van der Waals surface area contributed by atoms with Crippen LogP contribution in [0.25, 0.3) is 0 Å². The van der Waals surface area contributed by atoms with Crippen molar-refractivity contribution in [1.29, 1.82) is 0 Å². The highest BCUT2D eigenvalue weighted by molar-refractivity contribution is 4.82. The molecule has 1 saturated carbocycles. The van der Waals surface area contributed by atoms with Crippen molar-refractivity contribution in [1.82, 2.24) is 0 Å². The third kappa shape index (κ3) is 4.40. The van der Waals surface area contributed by atoms with E-state index >= 15 is 0 Å². The second-order valence-corrected chi connectivity index (χ2v) is 4.85. The van der Waals surface area contributed by atoms with Crippen LogP contribution in [0.5, 0.6) is 0 Å². The molecule has 0 heterocycles. The normalized spacial score (nSPS) is 27.9. The number of nitrogens with two attached hydrogens (primary N) is 1. The number of hydrogen-bond acceptors (Lipinski definition) is 3. The third-order valence-corrected chi connectivity index (χ3v) is 3.78. The van der Waals surface area contributed by atoms with Crippen LogP contribution >= 0.6 is 0 Å². The average Bonchev–Trinajstić information content (AvgIpc) is 2.34. The van der Waals surface area contributed by atoms with Crippen LogP contribution < -0.4 is 5.73 Å². The van der Waals surface area contributed by atoms with E-state index in [4.69, 9.17) is 15.2 Å². The summed E-state index contributed by atoms with van der Waals surface area (Å²) >= 11 is 0. The lowest BCUT2D eigenvalue weighted by Crippen LogP contribution is -2.40. The fraction of sp³-hybridized carbons (Fsp3) is 1.00. The van der Waals surface area contributed by atoms with Gasteiger partial charge >= 0.3 is 0 Å². The topological polar surface area (TPSA) is 44.5 Å². The van der Waals surface area contributed by atoms with Gasteiger partial charge in [0, 0.05) is 13.2 Å². The molecule has 1 aliphatic rings. The van der Waals surface area contributed by atoms with Crippen molar-refractivity contribution < 1.29 is 9.47 Å². The Morgan fingerprint density at radius 1 is 1.25 bits per heavy atom. The molecule has 3 nitrogen and oxygen atoms in total. The Morgan fingerprint density at radius 3 is 2.69 bits per heavy atom. The Balaban J connectivity index is 2.24. The molecular formula is C13H27NO2. The maximum absolute atomic E-state index is 6.23. The Labute approximate surface area is 99.7 Å². The Hall–Kier alpha value is -0.120. The molecule has 0 radical (unpaired) electrons. The molecule has 3 atom stereocenters. The van der Waals surface area contributed by atoms with Crippen molar-refractivity contribution in [2.45, 2.75) is 45.1 Å². The first kappa shape index (κ1) is 13.9. The average molecular weight is 229 g/mol. The highest BCUT2D eigenvalue weighted by Gasteiger charge is 2.28. The Morgan fingerprint density at radius 2 is 2.00 bits per heavy atom. The molecule has 0 aromatic carbocycles. The van der Waals surface area contributed by atoms with Gasteiger partial charge in [-0.25, -0.2) is 0 Å². The van der Waals surface area contributed by atoms with Gasteiger partial charge in [0.2, 0.25) is 0 Å². The van der Waals surface area contributed by atoms with Gasteiger partial charge in [-0.15, -0.1) is 0 Å². The number of ether oxygens (including phenoxy) is 2. The predicted octanol–water partition coefficient (Wildman–Crippen LogP) is 2.19. The van der Waals surface area contributed by atoms with Gasteiger partial charge in [0.15, 0.2) is 0 Å². The van der Waals surface area contributed by atoms with Crippen molar-refractivity contribution >= 4 is 0 Å². The van der Waals surface area contributed by atoms with E-state index in [1.165, 1.54) is 32.1 Å². The molecule has 0 bridgehead atoms. The zero-order valence-electron chi connectivity index (χ0n) is 10.8. The maximum Gasteiger partial charge on any atom is 0.0701 e. The molecule has 0 aromatic heterocycles. The smallest absolute Gasteiger partial charge is 0.0701 e. The standard InChI is InChI=1S/C13H27NO2/c1-3-11-6-4-5-7-12(11)13(14)10-16-9-8-15-2/h11-13H,3-10,14H2,1-2H3. The maximum atomic E-state index is 6.23. The molecule has 3 unspecified atom stereocenters. The summed E-state index contributed by atoms with van der Waals surface area (Å²) in [6.07, 6.45) is 6.62. The first-order valence-corrected chi connectivity index (χ1v) is 6.61. The number of rotatable bonds is 7. The number of hydrogen-bond donors (Lipinski definition) is 1.